The van der Waals surface area contributed by atoms with Crippen molar-refractivity contribution in [3.63, 3.8) is 0 Å². The van der Waals surface area contributed by atoms with Gasteiger partial charge in [0, 0.05) is 5.41 Å². The average molecular weight is 314 g/mol. The van der Waals surface area contributed by atoms with Crippen LogP contribution in [-0.2, 0) is 10.2 Å². The Labute approximate surface area is 141 Å². The molecule has 1 aromatic carbocycles. The maximum Gasteiger partial charge on any atom is 0.115 e. The van der Waals surface area contributed by atoms with Crippen LogP contribution in [0.2, 0.25) is 0 Å². The Morgan fingerprint density at radius 3 is 1.91 bits per heavy atom. The molecule has 0 fully saturated rings. The van der Waals surface area contributed by atoms with E-state index in [2.05, 4.69) is 46.8 Å². The second-order valence-corrected chi connectivity index (χ2v) is 6.89. The van der Waals surface area contributed by atoms with E-state index >= 15 is 0 Å². The normalized spacial score (nSPS) is 16.5. The molecule has 1 atom stereocenters. The molecule has 1 unspecified atom stereocenters. The number of benzene rings is 1. The molecule has 0 aliphatic carbocycles. The summed E-state index contributed by atoms with van der Waals surface area (Å²) in [6, 6.07) is 7.52. The van der Waals surface area contributed by atoms with Gasteiger partial charge in [0.05, 0.1) is 7.11 Å². The fourth-order valence-electron chi connectivity index (χ4n) is 2.83. The number of methoxy groups -OCH3 is 1. The van der Waals surface area contributed by atoms with Crippen molar-refractivity contribution in [1.29, 1.82) is 0 Å². The highest BCUT2D eigenvalue weighted by atomic mass is 16.5. The predicted molar refractivity (Wildman–Crippen MR) is 98.6 cm³/mol. The summed E-state index contributed by atoms with van der Waals surface area (Å²) in [6.45, 7) is 13.0. The highest BCUT2D eigenvalue weighted by Gasteiger charge is 2.41. The van der Waals surface area contributed by atoms with Crippen LogP contribution in [0.1, 0.15) is 47.1 Å². The van der Waals surface area contributed by atoms with E-state index in [0.717, 1.165) is 5.76 Å². The van der Waals surface area contributed by atoms with Gasteiger partial charge in [0.1, 0.15) is 11.5 Å². The fourth-order valence-corrected chi connectivity index (χ4v) is 2.83. The topological polar surface area (TPSA) is 29.5 Å². The number of ether oxygens (including phenoxy) is 1. The minimum atomic E-state index is -0.196. The Bertz CT molecular complexity index is 598. The molecule has 126 valence electrons. The number of aromatic hydroxyl groups is 1. The molecule has 23 heavy (non-hydrogen) atoms. The van der Waals surface area contributed by atoms with Crippen LogP contribution in [0.15, 0.2) is 59.9 Å². The quantitative estimate of drug-likeness (QED) is 0.554. The summed E-state index contributed by atoms with van der Waals surface area (Å²) in [5.41, 5.74) is 2.20. The number of phenols is 1. The Kier molecular flexibility index (Phi) is 6.26. The van der Waals surface area contributed by atoms with Gasteiger partial charge in [-0.25, -0.2) is 0 Å². The molecule has 1 aromatic rings. The summed E-state index contributed by atoms with van der Waals surface area (Å²) in [4.78, 5) is 0. The first-order valence-corrected chi connectivity index (χ1v) is 8.05. The van der Waals surface area contributed by atoms with Crippen LogP contribution in [-0.4, -0.2) is 12.2 Å². The molecule has 0 bridgehead atoms. The molecule has 0 spiro atoms. The molecular weight excluding hydrogens is 284 g/mol. The summed E-state index contributed by atoms with van der Waals surface area (Å²) < 4.78 is 5.33. The van der Waals surface area contributed by atoms with E-state index in [1.807, 2.05) is 31.2 Å². The highest BCUT2D eigenvalue weighted by molar-refractivity contribution is 5.45. The van der Waals surface area contributed by atoms with Gasteiger partial charge < -0.3 is 9.84 Å². The molecule has 0 amide bonds. The first-order chi connectivity index (χ1) is 10.7. The first kappa shape index (κ1) is 19.1. The second kappa shape index (κ2) is 7.54. The van der Waals surface area contributed by atoms with Crippen molar-refractivity contribution in [3.05, 3.63) is 65.5 Å². The van der Waals surface area contributed by atoms with Gasteiger partial charge in [-0.3, -0.25) is 0 Å². The summed E-state index contributed by atoms with van der Waals surface area (Å²) in [5.74, 6) is 1.13. The largest absolute Gasteiger partial charge is 0.508 e. The van der Waals surface area contributed by atoms with Crippen molar-refractivity contribution in [2.75, 3.05) is 7.11 Å². The average Bonchev–Trinajstić information content (AvgIpc) is 2.51. The van der Waals surface area contributed by atoms with E-state index in [1.54, 1.807) is 19.2 Å². The third kappa shape index (κ3) is 4.07. The summed E-state index contributed by atoms with van der Waals surface area (Å²) in [7, 11) is 1.68. The van der Waals surface area contributed by atoms with Crippen LogP contribution in [0.3, 0.4) is 0 Å². The second-order valence-electron chi connectivity index (χ2n) is 6.89. The lowest BCUT2D eigenvalue weighted by molar-refractivity contribution is 0.248. The van der Waals surface area contributed by atoms with Gasteiger partial charge >= 0.3 is 0 Å². The smallest absolute Gasteiger partial charge is 0.115 e. The van der Waals surface area contributed by atoms with Gasteiger partial charge in [-0.15, -0.1) is 0 Å². The minimum absolute atomic E-state index is 0.000675. The van der Waals surface area contributed by atoms with Crippen molar-refractivity contribution in [2.24, 2.45) is 5.41 Å². The fraction of sp³-hybridized carbons (Fsp3) is 0.429. The van der Waals surface area contributed by atoms with E-state index in [1.165, 1.54) is 11.1 Å². The van der Waals surface area contributed by atoms with E-state index in [9.17, 15) is 5.11 Å². The first-order valence-electron chi connectivity index (χ1n) is 8.05. The van der Waals surface area contributed by atoms with Gasteiger partial charge in [-0.05, 0) is 54.7 Å². The van der Waals surface area contributed by atoms with Gasteiger partial charge in [0.15, 0.2) is 0 Å². The van der Waals surface area contributed by atoms with Crippen LogP contribution in [0.5, 0.6) is 5.75 Å². The van der Waals surface area contributed by atoms with Gasteiger partial charge in [0.2, 0.25) is 0 Å². The number of hydrogen-bond donors (Lipinski definition) is 1. The van der Waals surface area contributed by atoms with Crippen molar-refractivity contribution >= 4 is 0 Å². The highest BCUT2D eigenvalue weighted by Crippen LogP contribution is 2.47. The number of rotatable bonds is 5. The summed E-state index contributed by atoms with van der Waals surface area (Å²) in [6.07, 6.45) is 8.22. The molecule has 2 nitrogen and oxygen atoms in total. The van der Waals surface area contributed by atoms with Gasteiger partial charge in [-0.1, -0.05) is 52.0 Å². The molecule has 0 saturated carbocycles. The molecular formula is C21H30O2. The number of phenolic OH excluding ortho intramolecular Hbond substituents is 1. The Morgan fingerprint density at radius 1 is 0.957 bits per heavy atom. The Balaban J connectivity index is 3.43. The van der Waals surface area contributed by atoms with Gasteiger partial charge in [-0.2, -0.15) is 0 Å². The SMILES string of the molecule is C\C=C(/C=C\C(=C/C)C(C)(c1ccc(O)cc1)C(C)(C)C)OC. The molecule has 0 aliphatic heterocycles. The van der Waals surface area contributed by atoms with E-state index < -0.39 is 0 Å². The lowest BCUT2D eigenvalue weighted by atomic mass is 9.60. The summed E-state index contributed by atoms with van der Waals surface area (Å²) >= 11 is 0. The Hall–Kier alpha value is -1.96. The molecule has 1 rings (SSSR count). The Morgan fingerprint density at radius 2 is 1.52 bits per heavy atom. The molecule has 0 aromatic heterocycles. The van der Waals surface area contributed by atoms with Crippen LogP contribution in [0.4, 0.5) is 0 Å². The van der Waals surface area contributed by atoms with Crippen LogP contribution in [0, 0.1) is 5.41 Å². The third-order valence-corrected chi connectivity index (χ3v) is 4.78. The maximum atomic E-state index is 9.61. The monoisotopic (exact) mass is 314 g/mol. The van der Waals surface area contributed by atoms with Crippen LogP contribution >= 0.6 is 0 Å². The van der Waals surface area contributed by atoms with Crippen molar-refractivity contribution in [1.82, 2.24) is 0 Å². The van der Waals surface area contributed by atoms with Crippen molar-refractivity contribution < 1.29 is 9.84 Å². The number of allylic oxidation sites excluding steroid dienone is 5. The van der Waals surface area contributed by atoms with Crippen LogP contribution in [0.25, 0.3) is 0 Å². The lowest BCUT2D eigenvalue weighted by Gasteiger charge is -2.44. The maximum absolute atomic E-state index is 9.61. The zero-order valence-electron chi connectivity index (χ0n) is 15.5. The molecule has 0 aliphatic rings. The lowest BCUT2D eigenvalue weighted by Crippen LogP contribution is -2.38. The van der Waals surface area contributed by atoms with E-state index in [-0.39, 0.29) is 16.6 Å². The third-order valence-electron chi connectivity index (χ3n) is 4.78. The van der Waals surface area contributed by atoms with Crippen LogP contribution < -0.4 is 0 Å². The van der Waals surface area contributed by atoms with E-state index in [0.29, 0.717) is 0 Å². The van der Waals surface area contributed by atoms with Crippen molar-refractivity contribution in [3.8, 4) is 5.75 Å². The van der Waals surface area contributed by atoms with Crippen molar-refractivity contribution in [2.45, 2.75) is 47.0 Å². The molecule has 0 heterocycles. The molecule has 1 N–H and O–H groups in total. The molecule has 2 heteroatoms. The zero-order valence-corrected chi connectivity index (χ0v) is 15.5. The minimum Gasteiger partial charge on any atom is -0.508 e. The predicted octanol–water partition coefficient (Wildman–Crippen LogP) is 5.75. The molecule has 0 saturated heterocycles. The van der Waals surface area contributed by atoms with Gasteiger partial charge in [0.25, 0.3) is 0 Å². The molecule has 0 radical (unpaired) electrons. The number of hydrogen-bond acceptors (Lipinski definition) is 2. The zero-order chi connectivity index (χ0) is 17.7. The summed E-state index contributed by atoms with van der Waals surface area (Å²) in [5, 5.41) is 9.61. The van der Waals surface area contributed by atoms with E-state index in [4.69, 9.17) is 4.74 Å². The standard InChI is InChI=1S/C21H30O2/c1-8-16(12-15-19(9-2)23-7)21(6,20(3,4)5)17-10-13-18(22)14-11-17/h8-15,22H,1-7H3/b15-12-,16-8+,19-9+.